The zero-order chi connectivity index (χ0) is 10.2. The second kappa shape index (κ2) is 6.58. The molecule has 0 fully saturated rings. The lowest BCUT2D eigenvalue weighted by Gasteiger charge is -2.09. The van der Waals surface area contributed by atoms with Gasteiger partial charge in [-0.2, -0.15) is 0 Å². The second-order valence-electron chi connectivity index (χ2n) is 3.04. The van der Waals surface area contributed by atoms with Crippen LogP contribution in [0, 0.1) is 12.3 Å². The maximum atomic E-state index is 5.24. The average molecular weight is 209 g/mol. The molecular formula is C11H15NOS. The van der Waals surface area contributed by atoms with Crippen molar-refractivity contribution in [2.75, 3.05) is 13.1 Å². The average Bonchev–Trinajstić information content (AvgIpc) is 2.68. The molecule has 0 saturated carbocycles. The third kappa shape index (κ3) is 4.40. The molecule has 1 aromatic rings. The summed E-state index contributed by atoms with van der Waals surface area (Å²) >= 11 is 1.86. The zero-order valence-electron chi connectivity index (χ0n) is 8.32. The molecule has 1 unspecified atom stereocenters. The molecule has 1 heterocycles. The van der Waals surface area contributed by atoms with Crippen LogP contribution in [0.25, 0.3) is 0 Å². The molecule has 0 aromatic carbocycles. The third-order valence-corrected chi connectivity index (χ3v) is 2.94. The van der Waals surface area contributed by atoms with Crippen LogP contribution in [0.3, 0.4) is 0 Å². The predicted octanol–water partition coefficient (Wildman–Crippen LogP) is 2.12. The van der Waals surface area contributed by atoms with Gasteiger partial charge in [0.05, 0.1) is 18.6 Å². The Hall–Kier alpha value is -0.850. The molecule has 14 heavy (non-hydrogen) atoms. The molecular weight excluding hydrogens is 194 g/mol. The highest BCUT2D eigenvalue weighted by Gasteiger charge is 2.03. The van der Waals surface area contributed by atoms with E-state index >= 15 is 0 Å². The molecule has 0 aliphatic heterocycles. The molecule has 0 spiro atoms. The van der Waals surface area contributed by atoms with E-state index in [1.54, 1.807) is 6.26 Å². The van der Waals surface area contributed by atoms with E-state index < -0.39 is 0 Å². The summed E-state index contributed by atoms with van der Waals surface area (Å²) in [7, 11) is 0. The Balaban J connectivity index is 2.09. The highest BCUT2D eigenvalue weighted by Crippen LogP contribution is 2.17. The number of rotatable bonds is 6. The molecule has 1 N–H and O–H groups in total. The third-order valence-electron chi connectivity index (χ3n) is 1.75. The van der Waals surface area contributed by atoms with Crippen LogP contribution in [0.4, 0.5) is 0 Å². The Labute approximate surface area is 89.5 Å². The first-order chi connectivity index (χ1) is 6.83. The largest absolute Gasteiger partial charge is 0.468 e. The minimum Gasteiger partial charge on any atom is -0.468 e. The van der Waals surface area contributed by atoms with E-state index in [1.807, 2.05) is 23.9 Å². The Bertz CT molecular complexity index is 276. The Kier molecular flexibility index (Phi) is 5.28. The van der Waals surface area contributed by atoms with Crippen LogP contribution in [0.15, 0.2) is 22.8 Å². The topological polar surface area (TPSA) is 25.2 Å². The van der Waals surface area contributed by atoms with E-state index in [2.05, 4.69) is 18.2 Å². The fourth-order valence-corrected chi connectivity index (χ4v) is 1.87. The normalized spacial score (nSPS) is 12.3. The van der Waals surface area contributed by atoms with Crippen molar-refractivity contribution in [3.63, 3.8) is 0 Å². The Morgan fingerprint density at radius 1 is 1.71 bits per heavy atom. The van der Waals surface area contributed by atoms with E-state index in [9.17, 15) is 0 Å². The van der Waals surface area contributed by atoms with Crippen molar-refractivity contribution in [2.24, 2.45) is 0 Å². The first-order valence-electron chi connectivity index (χ1n) is 4.61. The monoisotopic (exact) mass is 209 g/mol. The SMILES string of the molecule is C#CCNCC(C)SCc1ccco1. The van der Waals surface area contributed by atoms with Gasteiger partial charge in [-0.25, -0.2) is 0 Å². The lowest BCUT2D eigenvalue weighted by molar-refractivity contribution is 0.530. The molecule has 1 rings (SSSR count). The van der Waals surface area contributed by atoms with Gasteiger partial charge in [0, 0.05) is 11.8 Å². The van der Waals surface area contributed by atoms with Crippen molar-refractivity contribution in [2.45, 2.75) is 17.9 Å². The van der Waals surface area contributed by atoms with Crippen LogP contribution < -0.4 is 5.32 Å². The van der Waals surface area contributed by atoms with E-state index in [4.69, 9.17) is 10.8 Å². The summed E-state index contributed by atoms with van der Waals surface area (Å²) in [6, 6.07) is 3.91. The molecule has 1 atom stereocenters. The number of nitrogens with one attached hydrogen (secondary N) is 1. The molecule has 0 aliphatic rings. The van der Waals surface area contributed by atoms with Gasteiger partial charge >= 0.3 is 0 Å². The maximum Gasteiger partial charge on any atom is 0.113 e. The summed E-state index contributed by atoms with van der Waals surface area (Å²) in [6.45, 7) is 3.76. The minimum atomic E-state index is 0.549. The highest BCUT2D eigenvalue weighted by atomic mass is 32.2. The molecule has 0 amide bonds. The Morgan fingerprint density at radius 3 is 3.21 bits per heavy atom. The summed E-state index contributed by atoms with van der Waals surface area (Å²) in [4.78, 5) is 0. The van der Waals surface area contributed by atoms with E-state index in [0.717, 1.165) is 18.1 Å². The van der Waals surface area contributed by atoms with Crippen LogP contribution in [-0.4, -0.2) is 18.3 Å². The van der Waals surface area contributed by atoms with Gasteiger partial charge in [0.25, 0.3) is 0 Å². The van der Waals surface area contributed by atoms with Gasteiger partial charge in [-0.15, -0.1) is 18.2 Å². The second-order valence-corrected chi connectivity index (χ2v) is 4.46. The highest BCUT2D eigenvalue weighted by molar-refractivity contribution is 7.99. The van der Waals surface area contributed by atoms with Crippen LogP contribution in [-0.2, 0) is 5.75 Å². The van der Waals surface area contributed by atoms with Gasteiger partial charge in [-0.3, -0.25) is 0 Å². The molecule has 2 nitrogen and oxygen atoms in total. The fourth-order valence-electron chi connectivity index (χ4n) is 1.03. The number of thioether (sulfide) groups is 1. The van der Waals surface area contributed by atoms with Crippen molar-refractivity contribution in [3.05, 3.63) is 24.2 Å². The zero-order valence-corrected chi connectivity index (χ0v) is 9.14. The fraction of sp³-hybridized carbons (Fsp3) is 0.455. The molecule has 1 aromatic heterocycles. The first kappa shape index (κ1) is 11.2. The standard InChI is InChI=1S/C11H15NOS/c1-3-6-12-8-10(2)14-9-11-5-4-7-13-11/h1,4-5,7,10,12H,6,8-9H2,2H3. The van der Waals surface area contributed by atoms with Crippen molar-refractivity contribution in [1.82, 2.24) is 5.32 Å². The number of terminal acetylenes is 1. The predicted molar refractivity (Wildman–Crippen MR) is 61.2 cm³/mol. The first-order valence-corrected chi connectivity index (χ1v) is 5.66. The van der Waals surface area contributed by atoms with Crippen molar-refractivity contribution in [1.29, 1.82) is 0 Å². The molecule has 0 radical (unpaired) electrons. The number of furan rings is 1. The quantitative estimate of drug-likeness (QED) is 0.574. The van der Waals surface area contributed by atoms with Crippen molar-refractivity contribution < 1.29 is 4.42 Å². The van der Waals surface area contributed by atoms with Gasteiger partial charge in [0.2, 0.25) is 0 Å². The molecule has 76 valence electrons. The molecule has 0 bridgehead atoms. The van der Waals surface area contributed by atoms with Gasteiger partial charge in [0.1, 0.15) is 5.76 Å². The molecule has 0 saturated heterocycles. The van der Waals surface area contributed by atoms with Crippen LogP contribution in [0.1, 0.15) is 12.7 Å². The number of hydrogen-bond donors (Lipinski definition) is 1. The van der Waals surface area contributed by atoms with Gasteiger partial charge in [-0.05, 0) is 12.1 Å². The lowest BCUT2D eigenvalue weighted by atomic mass is 10.4. The van der Waals surface area contributed by atoms with E-state index in [0.29, 0.717) is 11.8 Å². The summed E-state index contributed by atoms with van der Waals surface area (Å²) in [6.07, 6.45) is 6.84. The number of hydrogen-bond acceptors (Lipinski definition) is 3. The van der Waals surface area contributed by atoms with E-state index in [-0.39, 0.29) is 0 Å². The summed E-state index contributed by atoms with van der Waals surface area (Å²) in [5, 5.41) is 3.73. The van der Waals surface area contributed by atoms with Gasteiger partial charge in [0.15, 0.2) is 0 Å². The van der Waals surface area contributed by atoms with Crippen LogP contribution >= 0.6 is 11.8 Å². The van der Waals surface area contributed by atoms with Crippen molar-refractivity contribution in [3.8, 4) is 12.3 Å². The van der Waals surface area contributed by atoms with E-state index in [1.165, 1.54) is 0 Å². The smallest absolute Gasteiger partial charge is 0.113 e. The van der Waals surface area contributed by atoms with Crippen molar-refractivity contribution >= 4 is 11.8 Å². The lowest BCUT2D eigenvalue weighted by Crippen LogP contribution is -2.22. The summed E-state index contributed by atoms with van der Waals surface area (Å²) < 4.78 is 5.24. The molecule has 3 heteroatoms. The van der Waals surface area contributed by atoms with Gasteiger partial charge in [-0.1, -0.05) is 12.8 Å². The van der Waals surface area contributed by atoms with Gasteiger partial charge < -0.3 is 9.73 Å². The summed E-state index contributed by atoms with van der Waals surface area (Å²) in [5.74, 6) is 4.50. The minimum absolute atomic E-state index is 0.549. The molecule has 0 aliphatic carbocycles. The maximum absolute atomic E-state index is 5.24. The Morgan fingerprint density at radius 2 is 2.57 bits per heavy atom. The summed E-state index contributed by atoms with van der Waals surface area (Å²) in [5.41, 5.74) is 0. The van der Waals surface area contributed by atoms with Crippen LogP contribution in [0.2, 0.25) is 0 Å². The van der Waals surface area contributed by atoms with Crippen LogP contribution in [0.5, 0.6) is 0 Å².